The van der Waals surface area contributed by atoms with Gasteiger partial charge in [0.2, 0.25) is 0 Å². The second-order valence-electron chi connectivity index (χ2n) is 9.93. The number of hydrogen-bond acceptors (Lipinski definition) is 4. The maximum absolute atomic E-state index is 4.72. The van der Waals surface area contributed by atoms with Crippen molar-refractivity contribution in [3.8, 4) is 33.9 Å². The highest BCUT2D eigenvalue weighted by atomic mass is 15.5. The molecule has 0 atom stereocenters. The van der Waals surface area contributed by atoms with E-state index in [4.69, 9.17) is 10.2 Å². The van der Waals surface area contributed by atoms with E-state index in [9.17, 15) is 0 Å². The van der Waals surface area contributed by atoms with Gasteiger partial charge in [0.1, 0.15) is 22.8 Å². The summed E-state index contributed by atoms with van der Waals surface area (Å²) in [6.07, 6.45) is 3.84. The Labute approximate surface area is 234 Å². The van der Waals surface area contributed by atoms with Gasteiger partial charge >= 0.3 is 0 Å². The Balaban J connectivity index is 1.40. The highest BCUT2D eigenvalue weighted by molar-refractivity contribution is 5.84. The molecule has 0 N–H and O–H groups in total. The molecule has 198 valence electrons. The molecule has 6 nitrogen and oxygen atoms in total. The fourth-order valence-corrected chi connectivity index (χ4v) is 5.14. The summed E-state index contributed by atoms with van der Waals surface area (Å²) in [5.74, 6) is 0. The lowest BCUT2D eigenvalue weighted by atomic mass is 10.0. The zero-order valence-electron chi connectivity index (χ0n) is 22.5. The second kappa shape index (κ2) is 12.3. The molecule has 0 spiro atoms. The maximum atomic E-state index is 4.72. The van der Waals surface area contributed by atoms with E-state index in [-0.39, 0.29) is 0 Å². The third kappa shape index (κ3) is 5.76. The predicted molar refractivity (Wildman–Crippen MR) is 159 cm³/mol. The Hall–Kier alpha value is -4.84. The minimum absolute atomic E-state index is 0.744. The minimum Gasteiger partial charge on any atom is -0.242 e. The van der Waals surface area contributed by atoms with Crippen LogP contribution in [0.4, 0.5) is 0 Å². The predicted octanol–water partition coefficient (Wildman–Crippen LogP) is 7.14. The zero-order chi connectivity index (χ0) is 27.0. The zero-order valence-corrected chi connectivity index (χ0v) is 22.5. The van der Waals surface area contributed by atoms with Crippen LogP contribution in [0.2, 0.25) is 0 Å². The molecule has 2 aromatic heterocycles. The summed E-state index contributed by atoms with van der Waals surface area (Å²) in [5.41, 5.74) is 8.33. The molecule has 40 heavy (non-hydrogen) atoms. The van der Waals surface area contributed by atoms with E-state index >= 15 is 0 Å². The van der Waals surface area contributed by atoms with E-state index in [1.165, 1.54) is 11.1 Å². The molecule has 0 fully saturated rings. The summed E-state index contributed by atoms with van der Waals surface area (Å²) in [6.45, 7) is 1.49. The van der Waals surface area contributed by atoms with Crippen molar-refractivity contribution >= 4 is 0 Å². The third-order valence-electron chi connectivity index (χ3n) is 7.15. The van der Waals surface area contributed by atoms with Crippen LogP contribution in [-0.4, -0.2) is 30.0 Å². The molecule has 0 unspecified atom stereocenters. The van der Waals surface area contributed by atoms with Crippen LogP contribution in [0.1, 0.15) is 24.0 Å². The van der Waals surface area contributed by atoms with Gasteiger partial charge in [-0.15, -0.1) is 10.2 Å². The van der Waals surface area contributed by atoms with Crippen molar-refractivity contribution in [2.24, 2.45) is 0 Å². The van der Waals surface area contributed by atoms with Crippen LogP contribution in [0.25, 0.3) is 33.9 Å². The average Bonchev–Trinajstić information content (AvgIpc) is 3.63. The highest BCUT2D eigenvalue weighted by Gasteiger charge is 2.25. The van der Waals surface area contributed by atoms with Gasteiger partial charge in [-0.2, -0.15) is 0 Å². The lowest BCUT2D eigenvalue weighted by Gasteiger charge is -2.13. The van der Waals surface area contributed by atoms with E-state index < -0.39 is 0 Å². The average molecular weight is 525 g/mol. The van der Waals surface area contributed by atoms with Gasteiger partial charge in [0.15, 0.2) is 0 Å². The molecule has 0 bridgehead atoms. The molecule has 0 radical (unpaired) electrons. The molecule has 2 heterocycles. The van der Waals surface area contributed by atoms with Gasteiger partial charge in [0.25, 0.3) is 0 Å². The molecular weight excluding hydrogens is 492 g/mol. The molecular formula is C34H32N6. The monoisotopic (exact) mass is 524 g/mol. The molecule has 0 amide bonds. The molecule has 0 saturated heterocycles. The smallest absolute Gasteiger partial charge is 0.122 e. The van der Waals surface area contributed by atoms with Crippen molar-refractivity contribution in [3.63, 3.8) is 0 Å². The van der Waals surface area contributed by atoms with Crippen LogP contribution in [-0.2, 0) is 25.9 Å². The first-order chi connectivity index (χ1) is 19.9. The summed E-state index contributed by atoms with van der Waals surface area (Å²) in [7, 11) is 0. The van der Waals surface area contributed by atoms with E-state index in [1.54, 1.807) is 0 Å². The van der Waals surface area contributed by atoms with Gasteiger partial charge in [-0.3, -0.25) is 0 Å². The van der Waals surface area contributed by atoms with Crippen LogP contribution in [0.5, 0.6) is 0 Å². The first kappa shape index (κ1) is 25.4. The maximum Gasteiger partial charge on any atom is 0.122 e. The Morgan fingerprint density at radius 2 is 0.775 bits per heavy atom. The largest absolute Gasteiger partial charge is 0.242 e. The second-order valence-corrected chi connectivity index (χ2v) is 9.93. The summed E-state index contributed by atoms with van der Waals surface area (Å²) in [4.78, 5) is 0. The van der Waals surface area contributed by atoms with Gasteiger partial charge in [0.05, 0.1) is 0 Å². The van der Waals surface area contributed by atoms with E-state index in [0.29, 0.717) is 0 Å². The van der Waals surface area contributed by atoms with Crippen LogP contribution in [0, 0.1) is 0 Å². The van der Waals surface area contributed by atoms with Crippen molar-refractivity contribution in [2.75, 3.05) is 0 Å². The Morgan fingerprint density at radius 1 is 0.425 bits per heavy atom. The van der Waals surface area contributed by atoms with Crippen LogP contribution in [0.15, 0.2) is 121 Å². The molecule has 6 aromatic rings. The summed E-state index contributed by atoms with van der Waals surface area (Å²) >= 11 is 0. The summed E-state index contributed by atoms with van der Waals surface area (Å²) in [5, 5.41) is 18.8. The molecule has 0 aliphatic carbocycles. The topological polar surface area (TPSA) is 61.4 Å². The van der Waals surface area contributed by atoms with Crippen molar-refractivity contribution in [3.05, 3.63) is 132 Å². The Bertz CT molecular complexity index is 1500. The van der Waals surface area contributed by atoms with Gasteiger partial charge in [-0.25, -0.2) is 9.36 Å². The van der Waals surface area contributed by atoms with Crippen molar-refractivity contribution in [1.29, 1.82) is 0 Å². The first-order valence-corrected chi connectivity index (χ1v) is 13.9. The number of rotatable bonds is 11. The van der Waals surface area contributed by atoms with Gasteiger partial charge in [-0.1, -0.05) is 132 Å². The van der Waals surface area contributed by atoms with Crippen LogP contribution >= 0.6 is 0 Å². The standard InChI is InChI=1S/C34H32N6/c1-5-15-27(16-6-1)19-13-25-39-33(31(35-37-39)29-21-9-3-10-22-29)34-32(30-23-11-4-12-24-30)36-38-40(34)26-14-20-28-17-7-2-8-18-28/h1-12,15-18,21-24H,13-14,19-20,25-26H2. The molecule has 4 aromatic carbocycles. The van der Waals surface area contributed by atoms with Crippen LogP contribution < -0.4 is 0 Å². The number of aryl methyl sites for hydroxylation is 4. The van der Waals surface area contributed by atoms with E-state index in [0.717, 1.165) is 72.7 Å². The van der Waals surface area contributed by atoms with E-state index in [2.05, 4.69) is 95.4 Å². The number of nitrogens with zero attached hydrogens (tertiary/aromatic N) is 6. The quantitative estimate of drug-likeness (QED) is 0.181. The van der Waals surface area contributed by atoms with E-state index in [1.807, 2.05) is 45.8 Å². The molecule has 0 aliphatic heterocycles. The SMILES string of the molecule is c1ccc(CCCn2nnc(-c3ccccc3)c2-c2c(-c3ccccc3)nnn2CCCc2ccccc2)cc1. The molecule has 0 aliphatic rings. The normalized spacial score (nSPS) is 11.1. The Morgan fingerprint density at radius 3 is 1.15 bits per heavy atom. The van der Waals surface area contributed by atoms with Gasteiger partial charge < -0.3 is 0 Å². The van der Waals surface area contributed by atoms with Crippen molar-refractivity contribution < 1.29 is 0 Å². The van der Waals surface area contributed by atoms with Gasteiger partial charge in [-0.05, 0) is 36.8 Å². The number of hydrogen-bond donors (Lipinski definition) is 0. The number of benzene rings is 4. The summed E-state index contributed by atoms with van der Waals surface area (Å²) in [6, 6.07) is 41.8. The molecule has 6 heteroatoms. The minimum atomic E-state index is 0.744. The molecule has 6 rings (SSSR count). The number of aromatic nitrogens is 6. The highest BCUT2D eigenvalue weighted by Crippen LogP contribution is 2.36. The third-order valence-corrected chi connectivity index (χ3v) is 7.15. The fraction of sp³-hybridized carbons (Fsp3) is 0.176. The van der Waals surface area contributed by atoms with Crippen molar-refractivity contribution in [2.45, 2.75) is 38.8 Å². The fourth-order valence-electron chi connectivity index (χ4n) is 5.14. The lowest BCUT2D eigenvalue weighted by molar-refractivity contribution is 0.544. The summed E-state index contributed by atoms with van der Waals surface area (Å²) < 4.78 is 4.09. The Kier molecular flexibility index (Phi) is 7.85. The molecule has 0 saturated carbocycles. The van der Waals surface area contributed by atoms with Crippen LogP contribution in [0.3, 0.4) is 0 Å². The van der Waals surface area contributed by atoms with Crippen molar-refractivity contribution in [1.82, 2.24) is 30.0 Å². The lowest BCUT2D eigenvalue weighted by Crippen LogP contribution is -2.10. The first-order valence-electron chi connectivity index (χ1n) is 13.9. The van der Waals surface area contributed by atoms with Gasteiger partial charge in [0, 0.05) is 24.2 Å².